The zero-order valence-electron chi connectivity index (χ0n) is 12.8. The molecule has 126 valence electrons. The molecule has 3 rings (SSSR count). The lowest BCUT2D eigenvalue weighted by Crippen LogP contribution is -2.14. The van der Waals surface area contributed by atoms with Crippen molar-refractivity contribution in [3.8, 4) is 5.75 Å². The van der Waals surface area contributed by atoms with Crippen molar-refractivity contribution in [3.63, 3.8) is 0 Å². The van der Waals surface area contributed by atoms with Crippen molar-refractivity contribution in [1.82, 2.24) is 0 Å². The lowest BCUT2D eigenvalue weighted by molar-refractivity contribution is -0.0180. The van der Waals surface area contributed by atoms with Gasteiger partial charge in [-0.3, -0.25) is 0 Å². The van der Waals surface area contributed by atoms with E-state index in [1.54, 1.807) is 24.3 Å². The molecule has 0 unspecified atom stereocenters. The Balaban J connectivity index is 1.79. The molecule has 0 radical (unpaired) electrons. The third-order valence-corrected chi connectivity index (χ3v) is 4.78. The first kappa shape index (κ1) is 17.4. The fraction of sp³-hybridized carbons (Fsp3) is 0.235. The van der Waals surface area contributed by atoms with E-state index < -0.39 is 5.97 Å². The summed E-state index contributed by atoms with van der Waals surface area (Å²) < 4.78 is 16.1. The van der Waals surface area contributed by atoms with Crippen molar-refractivity contribution >= 4 is 40.9 Å². The molecule has 1 aliphatic rings. The van der Waals surface area contributed by atoms with Crippen LogP contribution in [-0.4, -0.2) is 19.0 Å². The number of carbonyl (C=O) groups is 1. The summed E-state index contributed by atoms with van der Waals surface area (Å²) >= 11 is 13.7. The Labute approximate surface area is 154 Å². The molecule has 2 aromatic carbocycles. The van der Waals surface area contributed by atoms with Crippen molar-refractivity contribution in [1.29, 1.82) is 0 Å². The molecule has 0 saturated heterocycles. The smallest absolute Gasteiger partial charge is 0.340 e. The van der Waals surface area contributed by atoms with Crippen molar-refractivity contribution in [3.05, 3.63) is 57.1 Å². The SMILES string of the molecule is CSc1ccc(Cl)c(C(=O)OCc2cc(Cl)cc3c2OCOC3)c1. The number of benzene rings is 2. The number of ether oxygens (including phenoxy) is 3. The third-order valence-electron chi connectivity index (χ3n) is 3.50. The van der Waals surface area contributed by atoms with Gasteiger partial charge in [0.25, 0.3) is 0 Å². The van der Waals surface area contributed by atoms with Crippen molar-refractivity contribution in [2.75, 3.05) is 13.0 Å². The van der Waals surface area contributed by atoms with E-state index in [-0.39, 0.29) is 13.4 Å². The topological polar surface area (TPSA) is 44.8 Å². The van der Waals surface area contributed by atoms with E-state index in [4.69, 9.17) is 37.4 Å². The van der Waals surface area contributed by atoms with Crippen LogP contribution in [0.2, 0.25) is 10.0 Å². The minimum absolute atomic E-state index is 0.0432. The van der Waals surface area contributed by atoms with Crippen LogP contribution in [0.5, 0.6) is 5.75 Å². The number of rotatable bonds is 4. The summed E-state index contributed by atoms with van der Waals surface area (Å²) in [6, 6.07) is 8.75. The molecule has 7 heteroatoms. The average molecular weight is 385 g/mol. The van der Waals surface area contributed by atoms with E-state index in [0.29, 0.717) is 33.5 Å². The van der Waals surface area contributed by atoms with E-state index >= 15 is 0 Å². The summed E-state index contributed by atoms with van der Waals surface area (Å²) in [6.07, 6.45) is 1.93. The Morgan fingerprint density at radius 3 is 2.92 bits per heavy atom. The highest BCUT2D eigenvalue weighted by atomic mass is 35.5. The lowest BCUT2D eigenvalue weighted by atomic mass is 10.1. The molecule has 0 amide bonds. The monoisotopic (exact) mass is 384 g/mol. The van der Waals surface area contributed by atoms with Crippen LogP contribution in [0, 0.1) is 0 Å². The van der Waals surface area contributed by atoms with Crippen LogP contribution in [0.4, 0.5) is 0 Å². The number of thioether (sulfide) groups is 1. The van der Waals surface area contributed by atoms with Gasteiger partial charge in [0.05, 0.1) is 17.2 Å². The molecule has 0 atom stereocenters. The zero-order chi connectivity index (χ0) is 17.1. The van der Waals surface area contributed by atoms with Gasteiger partial charge in [0.15, 0.2) is 6.79 Å². The van der Waals surface area contributed by atoms with Gasteiger partial charge in [-0.1, -0.05) is 23.2 Å². The fourth-order valence-electron chi connectivity index (χ4n) is 2.37. The van der Waals surface area contributed by atoms with Crippen LogP contribution >= 0.6 is 35.0 Å². The van der Waals surface area contributed by atoms with Gasteiger partial charge in [-0.25, -0.2) is 4.79 Å². The third kappa shape index (κ3) is 3.81. The molecule has 2 aromatic rings. The number of hydrogen-bond acceptors (Lipinski definition) is 5. The minimum Gasteiger partial charge on any atom is -0.467 e. The van der Waals surface area contributed by atoms with E-state index in [1.807, 2.05) is 12.3 Å². The quantitative estimate of drug-likeness (QED) is 0.551. The van der Waals surface area contributed by atoms with Gasteiger partial charge in [-0.15, -0.1) is 11.8 Å². The Morgan fingerprint density at radius 2 is 2.12 bits per heavy atom. The second-order valence-corrected chi connectivity index (χ2v) is 6.81. The number of hydrogen-bond donors (Lipinski definition) is 0. The maximum atomic E-state index is 12.3. The maximum absolute atomic E-state index is 12.3. The Morgan fingerprint density at radius 1 is 1.29 bits per heavy atom. The molecule has 0 N–H and O–H groups in total. The van der Waals surface area contributed by atoms with E-state index in [0.717, 1.165) is 10.5 Å². The van der Waals surface area contributed by atoms with E-state index in [2.05, 4.69) is 0 Å². The van der Waals surface area contributed by atoms with E-state index in [9.17, 15) is 4.79 Å². The number of carbonyl (C=O) groups excluding carboxylic acids is 1. The Kier molecular flexibility index (Phi) is 5.56. The molecule has 0 saturated carbocycles. The normalized spacial score (nSPS) is 13.1. The summed E-state index contributed by atoms with van der Waals surface area (Å²) in [5, 5.41) is 0.895. The largest absolute Gasteiger partial charge is 0.467 e. The number of halogens is 2. The summed E-state index contributed by atoms with van der Waals surface area (Å²) in [6.45, 7) is 0.622. The molecular formula is C17H14Cl2O4S. The van der Waals surface area contributed by atoms with Crippen LogP contribution in [0.25, 0.3) is 0 Å². The molecule has 1 heterocycles. The summed E-state index contributed by atoms with van der Waals surface area (Å²) in [7, 11) is 0. The van der Waals surface area contributed by atoms with Crippen molar-refractivity contribution < 1.29 is 19.0 Å². The van der Waals surface area contributed by atoms with Gasteiger partial charge in [-0.05, 0) is 36.6 Å². The molecule has 0 aliphatic carbocycles. The highest BCUT2D eigenvalue weighted by molar-refractivity contribution is 7.98. The maximum Gasteiger partial charge on any atom is 0.340 e. The second kappa shape index (κ2) is 7.66. The molecule has 0 fully saturated rings. The van der Waals surface area contributed by atoms with Crippen molar-refractivity contribution in [2.45, 2.75) is 18.1 Å². The molecule has 0 bridgehead atoms. The van der Waals surface area contributed by atoms with Crippen LogP contribution in [-0.2, 0) is 22.7 Å². The zero-order valence-corrected chi connectivity index (χ0v) is 15.1. The predicted molar refractivity (Wildman–Crippen MR) is 94.1 cm³/mol. The molecule has 4 nitrogen and oxygen atoms in total. The van der Waals surface area contributed by atoms with Gasteiger partial charge >= 0.3 is 5.97 Å². The standard InChI is InChI=1S/C17H14Cl2O4S/c1-24-13-2-3-15(19)14(6-13)17(20)22-8-11-5-12(18)4-10-7-21-9-23-16(10)11/h2-6H,7-9H2,1H3. The number of fused-ring (bicyclic) bond motifs is 1. The summed E-state index contributed by atoms with van der Waals surface area (Å²) in [5.74, 6) is 0.166. The molecule has 24 heavy (non-hydrogen) atoms. The van der Waals surface area contributed by atoms with Gasteiger partial charge < -0.3 is 14.2 Å². The second-order valence-electron chi connectivity index (χ2n) is 5.09. The van der Waals surface area contributed by atoms with Gasteiger partial charge in [-0.2, -0.15) is 0 Å². The first-order chi connectivity index (χ1) is 11.6. The van der Waals surface area contributed by atoms with Crippen LogP contribution in [0.15, 0.2) is 35.2 Å². The van der Waals surface area contributed by atoms with Crippen molar-refractivity contribution in [2.24, 2.45) is 0 Å². The molecule has 1 aliphatic heterocycles. The van der Waals surface area contributed by atoms with E-state index in [1.165, 1.54) is 11.8 Å². The Bertz CT molecular complexity index is 779. The molecule has 0 spiro atoms. The first-order valence-corrected chi connectivity index (χ1v) is 9.09. The van der Waals surface area contributed by atoms with Gasteiger partial charge in [0.2, 0.25) is 0 Å². The van der Waals surface area contributed by atoms with Gasteiger partial charge in [0.1, 0.15) is 12.4 Å². The Hall–Kier alpha value is -1.40. The predicted octanol–water partition coefficient (Wildman–Crippen LogP) is 4.94. The van der Waals surface area contributed by atoms with Crippen LogP contribution in [0.3, 0.4) is 0 Å². The highest BCUT2D eigenvalue weighted by Crippen LogP contribution is 2.32. The summed E-state index contributed by atoms with van der Waals surface area (Å²) in [5.41, 5.74) is 1.87. The van der Waals surface area contributed by atoms with Crippen LogP contribution in [0.1, 0.15) is 21.5 Å². The first-order valence-electron chi connectivity index (χ1n) is 7.11. The lowest BCUT2D eigenvalue weighted by Gasteiger charge is -2.21. The molecular weight excluding hydrogens is 371 g/mol. The molecule has 0 aromatic heterocycles. The van der Waals surface area contributed by atoms with Gasteiger partial charge in [0, 0.05) is 21.0 Å². The summed E-state index contributed by atoms with van der Waals surface area (Å²) in [4.78, 5) is 13.3. The highest BCUT2D eigenvalue weighted by Gasteiger charge is 2.19. The number of esters is 1. The minimum atomic E-state index is -0.489. The van der Waals surface area contributed by atoms with Crippen LogP contribution < -0.4 is 4.74 Å². The fourth-order valence-corrected chi connectivity index (χ4v) is 3.27. The average Bonchev–Trinajstić information content (AvgIpc) is 2.59.